The Bertz CT molecular complexity index is 429. The zero-order chi connectivity index (χ0) is 17.4. The van der Waals surface area contributed by atoms with Gasteiger partial charge in [-0.05, 0) is 38.9 Å². The van der Waals surface area contributed by atoms with Crippen LogP contribution >= 0.6 is 0 Å². The molecule has 0 radical (unpaired) electrons. The molecule has 1 aliphatic carbocycles. The summed E-state index contributed by atoms with van der Waals surface area (Å²) < 4.78 is 12.7. The second kappa shape index (κ2) is 6.23. The average Bonchev–Trinajstić information content (AvgIpc) is 2.54. The van der Waals surface area contributed by atoms with E-state index >= 15 is 0 Å². The van der Waals surface area contributed by atoms with Gasteiger partial charge in [0.2, 0.25) is 0 Å². The van der Waals surface area contributed by atoms with Crippen LogP contribution in [0.15, 0.2) is 24.8 Å². The summed E-state index contributed by atoms with van der Waals surface area (Å²) in [4.78, 5) is 0. The van der Waals surface area contributed by atoms with Gasteiger partial charge in [0.15, 0.2) is 8.32 Å². The number of hydrogen-bond acceptors (Lipinski definition) is 3. The highest BCUT2D eigenvalue weighted by atomic mass is 28.4. The monoisotopic (exact) mass is 326 g/mol. The van der Waals surface area contributed by atoms with Crippen LogP contribution in [0.25, 0.3) is 0 Å². The summed E-state index contributed by atoms with van der Waals surface area (Å²) in [5.41, 5.74) is -1.32. The third-order valence-corrected chi connectivity index (χ3v) is 9.01. The Balaban J connectivity index is 3.07. The van der Waals surface area contributed by atoms with E-state index in [4.69, 9.17) is 9.16 Å². The Labute approximate surface area is 137 Å². The highest BCUT2D eigenvalue weighted by molar-refractivity contribution is 6.74. The average molecular weight is 327 g/mol. The maximum atomic E-state index is 11.0. The fourth-order valence-corrected chi connectivity index (χ4v) is 3.66. The van der Waals surface area contributed by atoms with Gasteiger partial charge < -0.3 is 14.3 Å². The molecule has 0 fully saturated rings. The van der Waals surface area contributed by atoms with E-state index in [9.17, 15) is 5.11 Å². The van der Waals surface area contributed by atoms with E-state index in [2.05, 4.69) is 40.4 Å². The number of ether oxygens (including phenoxy) is 1. The van der Waals surface area contributed by atoms with Crippen molar-refractivity contribution >= 4 is 8.32 Å². The standard InChI is InChI=1S/C18H34O3Si/c1-10-12-18(19)13-11-14(20-16(2,3)4)15(18)21-22(8,9)17(5,6)7/h10-11,13-15,19H,1,12H2,2-9H3. The largest absolute Gasteiger partial charge is 0.408 e. The van der Waals surface area contributed by atoms with E-state index in [0.717, 1.165) is 0 Å². The minimum atomic E-state index is -2.02. The van der Waals surface area contributed by atoms with Crippen LogP contribution in [0.4, 0.5) is 0 Å². The van der Waals surface area contributed by atoms with Gasteiger partial charge in [-0.2, -0.15) is 0 Å². The molecule has 0 saturated heterocycles. The van der Waals surface area contributed by atoms with Gasteiger partial charge >= 0.3 is 0 Å². The molecular weight excluding hydrogens is 292 g/mol. The van der Waals surface area contributed by atoms with Crippen LogP contribution < -0.4 is 0 Å². The summed E-state index contributed by atoms with van der Waals surface area (Å²) in [6.45, 7) is 20.8. The van der Waals surface area contributed by atoms with E-state index in [-0.39, 0.29) is 22.8 Å². The Kier molecular flexibility index (Phi) is 5.56. The van der Waals surface area contributed by atoms with Crippen molar-refractivity contribution in [1.29, 1.82) is 0 Å². The van der Waals surface area contributed by atoms with Crippen molar-refractivity contribution in [2.24, 2.45) is 0 Å². The predicted octanol–water partition coefficient (Wildman–Crippen LogP) is 4.44. The van der Waals surface area contributed by atoms with Gasteiger partial charge in [0.1, 0.15) is 17.8 Å². The molecule has 3 nitrogen and oxygen atoms in total. The van der Waals surface area contributed by atoms with Gasteiger partial charge in [-0.25, -0.2) is 0 Å². The molecule has 0 spiro atoms. The maximum Gasteiger partial charge on any atom is 0.192 e. The quantitative estimate of drug-likeness (QED) is 0.600. The fraction of sp³-hybridized carbons (Fsp3) is 0.778. The van der Waals surface area contributed by atoms with E-state index in [1.54, 1.807) is 6.08 Å². The topological polar surface area (TPSA) is 38.7 Å². The molecule has 1 aliphatic rings. The first-order valence-corrected chi connectivity index (χ1v) is 11.0. The van der Waals surface area contributed by atoms with Crippen molar-refractivity contribution in [2.75, 3.05) is 0 Å². The van der Waals surface area contributed by atoms with Gasteiger partial charge in [0.25, 0.3) is 0 Å². The Morgan fingerprint density at radius 3 is 2.18 bits per heavy atom. The van der Waals surface area contributed by atoms with E-state index in [1.807, 2.05) is 32.9 Å². The molecule has 0 aromatic rings. The minimum absolute atomic E-state index is 0.0803. The van der Waals surface area contributed by atoms with Crippen LogP contribution in [-0.4, -0.2) is 36.8 Å². The van der Waals surface area contributed by atoms with E-state index in [1.165, 1.54) is 0 Å². The number of hydrogen-bond donors (Lipinski definition) is 1. The molecule has 128 valence electrons. The van der Waals surface area contributed by atoms with Gasteiger partial charge in [-0.15, -0.1) is 6.58 Å². The summed E-state index contributed by atoms with van der Waals surface area (Å²) >= 11 is 0. The lowest BCUT2D eigenvalue weighted by molar-refractivity contribution is -0.123. The van der Waals surface area contributed by atoms with Crippen LogP contribution in [-0.2, 0) is 9.16 Å². The number of rotatable bonds is 5. The van der Waals surface area contributed by atoms with Crippen LogP contribution in [0.3, 0.4) is 0 Å². The normalized spacial score (nSPS) is 29.9. The second-order valence-corrected chi connectivity index (χ2v) is 13.6. The number of aliphatic hydroxyl groups is 1. The highest BCUT2D eigenvalue weighted by Gasteiger charge is 2.50. The molecule has 0 aromatic carbocycles. The van der Waals surface area contributed by atoms with Gasteiger partial charge in [0.05, 0.1) is 5.60 Å². The zero-order valence-corrected chi connectivity index (χ0v) is 16.6. The first-order valence-electron chi connectivity index (χ1n) is 8.10. The van der Waals surface area contributed by atoms with Crippen LogP contribution in [0.2, 0.25) is 18.1 Å². The van der Waals surface area contributed by atoms with E-state index in [0.29, 0.717) is 6.42 Å². The molecule has 0 saturated carbocycles. The van der Waals surface area contributed by atoms with Gasteiger partial charge in [-0.3, -0.25) is 0 Å². The predicted molar refractivity (Wildman–Crippen MR) is 95.6 cm³/mol. The van der Waals surface area contributed by atoms with Crippen LogP contribution in [0.5, 0.6) is 0 Å². The summed E-state index contributed by atoms with van der Waals surface area (Å²) in [5, 5.41) is 11.1. The minimum Gasteiger partial charge on any atom is -0.408 e. The zero-order valence-electron chi connectivity index (χ0n) is 15.6. The Hall–Kier alpha value is -0.423. The summed E-state index contributed by atoms with van der Waals surface area (Å²) in [6, 6.07) is 0. The summed E-state index contributed by atoms with van der Waals surface area (Å²) in [7, 11) is -2.02. The molecule has 0 aromatic heterocycles. The molecule has 1 rings (SSSR count). The Morgan fingerprint density at radius 1 is 1.23 bits per heavy atom. The van der Waals surface area contributed by atoms with Crippen molar-refractivity contribution in [2.45, 2.75) is 89.5 Å². The molecule has 0 aliphatic heterocycles. The van der Waals surface area contributed by atoms with Crippen LogP contribution in [0.1, 0.15) is 48.0 Å². The van der Waals surface area contributed by atoms with Gasteiger partial charge in [-0.1, -0.05) is 39.0 Å². The third-order valence-electron chi connectivity index (χ3n) is 4.55. The first-order chi connectivity index (χ1) is 9.72. The van der Waals surface area contributed by atoms with Crippen molar-refractivity contribution in [1.82, 2.24) is 0 Å². The molecule has 4 heteroatoms. The lowest BCUT2D eigenvalue weighted by Gasteiger charge is -2.44. The van der Waals surface area contributed by atoms with Crippen molar-refractivity contribution in [3.8, 4) is 0 Å². The van der Waals surface area contributed by atoms with Gasteiger partial charge in [0, 0.05) is 6.42 Å². The molecule has 0 amide bonds. The molecule has 3 unspecified atom stereocenters. The lowest BCUT2D eigenvalue weighted by atomic mass is 9.95. The van der Waals surface area contributed by atoms with Crippen molar-refractivity contribution < 1.29 is 14.3 Å². The summed E-state index contributed by atoms with van der Waals surface area (Å²) in [5.74, 6) is 0. The smallest absolute Gasteiger partial charge is 0.192 e. The maximum absolute atomic E-state index is 11.0. The SMILES string of the molecule is C=CCC1(O)C=CC(OC(C)(C)C)C1O[Si](C)(C)C(C)(C)C. The highest BCUT2D eigenvalue weighted by Crippen LogP contribution is 2.42. The molecule has 0 heterocycles. The molecule has 22 heavy (non-hydrogen) atoms. The second-order valence-electron chi connectivity index (χ2n) is 8.84. The fourth-order valence-electron chi connectivity index (χ4n) is 2.33. The molecule has 0 bridgehead atoms. The third kappa shape index (κ3) is 4.54. The Morgan fingerprint density at radius 2 is 1.77 bits per heavy atom. The molecule has 1 N–H and O–H groups in total. The lowest BCUT2D eigenvalue weighted by Crippen LogP contribution is -2.54. The van der Waals surface area contributed by atoms with Crippen molar-refractivity contribution in [3.05, 3.63) is 24.8 Å². The van der Waals surface area contributed by atoms with Crippen molar-refractivity contribution in [3.63, 3.8) is 0 Å². The first kappa shape index (κ1) is 19.6. The molecule has 3 atom stereocenters. The summed E-state index contributed by atoms with van der Waals surface area (Å²) in [6.07, 6.45) is 5.35. The molecular formula is C18H34O3Si. The van der Waals surface area contributed by atoms with E-state index < -0.39 is 13.9 Å². The van der Waals surface area contributed by atoms with Crippen LogP contribution in [0, 0.1) is 0 Å².